The highest BCUT2D eigenvalue weighted by Gasteiger charge is 2.24. The van der Waals surface area contributed by atoms with Crippen molar-refractivity contribution in [2.24, 2.45) is 0 Å². The maximum absolute atomic E-state index is 12.2. The number of hydrogen-bond acceptors (Lipinski definition) is 3. The van der Waals surface area contributed by atoms with E-state index < -0.39 is 0 Å². The van der Waals surface area contributed by atoms with Gasteiger partial charge < -0.3 is 15.0 Å². The van der Waals surface area contributed by atoms with Crippen LogP contribution in [0, 0.1) is 3.57 Å². The van der Waals surface area contributed by atoms with Gasteiger partial charge in [0.15, 0.2) is 0 Å². The number of rotatable bonds is 4. The summed E-state index contributed by atoms with van der Waals surface area (Å²) in [5.74, 6) is -0.0263. The zero-order valence-electron chi connectivity index (χ0n) is 12.0. The van der Waals surface area contributed by atoms with E-state index in [4.69, 9.17) is 4.74 Å². The first-order chi connectivity index (χ1) is 10.1. The van der Waals surface area contributed by atoms with Crippen molar-refractivity contribution in [3.05, 3.63) is 33.4 Å². The summed E-state index contributed by atoms with van der Waals surface area (Å²) in [6.07, 6.45) is 1.56. The van der Waals surface area contributed by atoms with Crippen molar-refractivity contribution >= 4 is 34.4 Å². The van der Waals surface area contributed by atoms with Crippen LogP contribution in [0.4, 0.5) is 0 Å². The number of piperidine rings is 1. The van der Waals surface area contributed by atoms with Crippen molar-refractivity contribution in [2.75, 3.05) is 26.8 Å². The van der Waals surface area contributed by atoms with Crippen LogP contribution in [0.1, 0.15) is 23.2 Å². The Kier molecular flexibility index (Phi) is 5.98. The zero-order chi connectivity index (χ0) is 15.2. The summed E-state index contributed by atoms with van der Waals surface area (Å²) in [6.45, 7) is 1.46. The minimum atomic E-state index is -0.0401. The molecule has 1 N–H and O–H groups in total. The average Bonchev–Trinajstić information content (AvgIpc) is 2.48. The fourth-order valence-corrected chi connectivity index (χ4v) is 3.03. The van der Waals surface area contributed by atoms with E-state index in [1.54, 1.807) is 4.90 Å². The van der Waals surface area contributed by atoms with Crippen molar-refractivity contribution < 1.29 is 14.3 Å². The summed E-state index contributed by atoms with van der Waals surface area (Å²) in [7, 11) is 1.52. The van der Waals surface area contributed by atoms with Crippen molar-refractivity contribution in [1.29, 1.82) is 0 Å². The predicted molar refractivity (Wildman–Crippen MR) is 88.1 cm³/mol. The number of halogens is 1. The fourth-order valence-electron chi connectivity index (χ4n) is 2.40. The van der Waals surface area contributed by atoms with E-state index in [1.807, 2.05) is 24.3 Å². The third-order valence-corrected chi connectivity index (χ3v) is 4.51. The van der Waals surface area contributed by atoms with E-state index in [0.29, 0.717) is 18.7 Å². The van der Waals surface area contributed by atoms with Gasteiger partial charge in [0.25, 0.3) is 5.91 Å². The lowest BCUT2D eigenvalue weighted by atomic mass is 10.0. The van der Waals surface area contributed by atoms with Crippen molar-refractivity contribution in [1.82, 2.24) is 10.2 Å². The number of nitrogens with zero attached hydrogens (tertiary/aromatic N) is 1. The highest BCUT2D eigenvalue weighted by Crippen LogP contribution is 2.14. The number of likely N-dealkylation sites (tertiary alicyclic amines) is 1. The molecule has 2 amide bonds. The highest BCUT2D eigenvalue weighted by atomic mass is 127. The molecule has 114 valence electrons. The van der Waals surface area contributed by atoms with Crippen LogP contribution in [0.2, 0.25) is 0 Å². The molecule has 0 atom stereocenters. The Bertz CT molecular complexity index is 513. The van der Waals surface area contributed by atoms with Gasteiger partial charge in [0.2, 0.25) is 5.91 Å². The molecule has 1 aromatic carbocycles. The molecule has 0 unspecified atom stereocenters. The van der Waals surface area contributed by atoms with E-state index in [9.17, 15) is 9.59 Å². The van der Waals surface area contributed by atoms with E-state index in [1.165, 1.54) is 7.11 Å². The number of hydrogen-bond donors (Lipinski definition) is 1. The monoisotopic (exact) mass is 402 g/mol. The molecule has 0 bridgehead atoms. The molecule has 1 saturated heterocycles. The topological polar surface area (TPSA) is 58.6 Å². The molecule has 1 heterocycles. The Morgan fingerprint density at radius 2 is 2.00 bits per heavy atom. The van der Waals surface area contributed by atoms with Gasteiger partial charge >= 0.3 is 0 Å². The Morgan fingerprint density at radius 1 is 1.33 bits per heavy atom. The molecular formula is C15H19IN2O3. The average molecular weight is 402 g/mol. The number of carbonyl (C=O) groups is 2. The SMILES string of the molecule is COCC(=O)N1CCC(NC(=O)c2ccccc2I)CC1. The number of ether oxygens (including phenoxy) is 1. The van der Waals surface area contributed by atoms with Gasteiger partial charge in [0.05, 0.1) is 5.56 Å². The van der Waals surface area contributed by atoms with Crippen molar-refractivity contribution in [3.63, 3.8) is 0 Å². The molecule has 0 aromatic heterocycles. The Labute approximate surface area is 138 Å². The summed E-state index contributed by atoms with van der Waals surface area (Å²) < 4.78 is 5.80. The van der Waals surface area contributed by atoms with Gasteiger partial charge in [-0.2, -0.15) is 0 Å². The third-order valence-electron chi connectivity index (χ3n) is 3.57. The lowest BCUT2D eigenvalue weighted by Crippen LogP contribution is -2.47. The number of benzene rings is 1. The van der Waals surface area contributed by atoms with Gasteiger partial charge in [-0.1, -0.05) is 12.1 Å². The number of amides is 2. The lowest BCUT2D eigenvalue weighted by molar-refractivity contribution is -0.136. The summed E-state index contributed by atoms with van der Waals surface area (Å²) in [4.78, 5) is 25.7. The Balaban J connectivity index is 1.85. The standard InChI is InChI=1S/C15H19IN2O3/c1-21-10-14(19)18-8-6-11(7-9-18)17-15(20)12-4-2-3-5-13(12)16/h2-5,11H,6-10H2,1H3,(H,17,20). The Hall–Kier alpha value is -1.15. The van der Waals surface area contributed by atoms with Crippen LogP contribution in [0.15, 0.2) is 24.3 Å². The largest absolute Gasteiger partial charge is 0.375 e. The third kappa shape index (κ3) is 4.41. The maximum atomic E-state index is 12.2. The van der Waals surface area contributed by atoms with Crippen LogP contribution in [0.3, 0.4) is 0 Å². The molecule has 2 rings (SSSR count). The molecule has 1 fully saturated rings. The molecule has 0 aliphatic carbocycles. The molecule has 5 nitrogen and oxygen atoms in total. The zero-order valence-corrected chi connectivity index (χ0v) is 14.1. The van der Waals surface area contributed by atoms with Gasteiger partial charge in [0, 0.05) is 29.8 Å². The van der Waals surface area contributed by atoms with Gasteiger partial charge in [-0.05, 0) is 47.6 Å². The minimum absolute atomic E-state index is 0.0138. The van der Waals surface area contributed by atoms with Gasteiger partial charge in [-0.3, -0.25) is 9.59 Å². The maximum Gasteiger partial charge on any atom is 0.252 e. The Morgan fingerprint density at radius 3 is 2.62 bits per heavy atom. The first-order valence-corrected chi connectivity index (χ1v) is 8.02. The quantitative estimate of drug-likeness (QED) is 0.780. The van der Waals surface area contributed by atoms with E-state index in [-0.39, 0.29) is 24.5 Å². The molecule has 1 aliphatic rings. The molecule has 21 heavy (non-hydrogen) atoms. The van der Waals surface area contributed by atoms with Crippen LogP contribution in [0.25, 0.3) is 0 Å². The van der Waals surface area contributed by atoms with E-state index in [2.05, 4.69) is 27.9 Å². The van der Waals surface area contributed by atoms with E-state index in [0.717, 1.165) is 16.4 Å². The van der Waals surface area contributed by atoms with Crippen LogP contribution < -0.4 is 5.32 Å². The second-order valence-corrected chi connectivity index (χ2v) is 6.20. The minimum Gasteiger partial charge on any atom is -0.375 e. The van der Waals surface area contributed by atoms with Crippen LogP contribution in [0.5, 0.6) is 0 Å². The van der Waals surface area contributed by atoms with Crippen LogP contribution in [-0.4, -0.2) is 49.6 Å². The second-order valence-electron chi connectivity index (χ2n) is 5.04. The summed E-state index contributed by atoms with van der Waals surface area (Å²) >= 11 is 2.16. The molecule has 6 heteroatoms. The summed E-state index contributed by atoms with van der Waals surface area (Å²) in [6, 6.07) is 7.65. The van der Waals surface area contributed by atoms with Gasteiger partial charge in [0.1, 0.15) is 6.61 Å². The summed E-state index contributed by atoms with van der Waals surface area (Å²) in [5, 5.41) is 3.05. The number of methoxy groups -OCH3 is 1. The lowest BCUT2D eigenvalue weighted by Gasteiger charge is -2.32. The highest BCUT2D eigenvalue weighted by molar-refractivity contribution is 14.1. The van der Waals surface area contributed by atoms with Crippen molar-refractivity contribution in [2.45, 2.75) is 18.9 Å². The first kappa shape index (κ1) is 16.2. The molecule has 1 aromatic rings. The van der Waals surface area contributed by atoms with Crippen molar-refractivity contribution in [3.8, 4) is 0 Å². The van der Waals surface area contributed by atoms with Crippen LogP contribution in [-0.2, 0) is 9.53 Å². The fraction of sp³-hybridized carbons (Fsp3) is 0.467. The number of nitrogens with one attached hydrogen (secondary N) is 1. The summed E-state index contributed by atoms with van der Waals surface area (Å²) in [5.41, 5.74) is 0.705. The van der Waals surface area contributed by atoms with Gasteiger partial charge in [-0.15, -0.1) is 0 Å². The number of carbonyl (C=O) groups excluding carboxylic acids is 2. The molecule has 0 saturated carbocycles. The van der Waals surface area contributed by atoms with E-state index >= 15 is 0 Å². The second kappa shape index (κ2) is 7.74. The molecular weight excluding hydrogens is 383 g/mol. The molecule has 1 aliphatic heterocycles. The normalized spacial score (nSPS) is 15.8. The van der Waals surface area contributed by atoms with Gasteiger partial charge in [-0.25, -0.2) is 0 Å². The molecule has 0 radical (unpaired) electrons. The first-order valence-electron chi connectivity index (χ1n) is 6.94. The molecule has 0 spiro atoms. The smallest absolute Gasteiger partial charge is 0.252 e. The predicted octanol–water partition coefficient (Wildman–Crippen LogP) is 1.66. The van der Waals surface area contributed by atoms with Crippen LogP contribution >= 0.6 is 22.6 Å².